The van der Waals surface area contributed by atoms with Gasteiger partial charge in [-0.3, -0.25) is 24.1 Å². The van der Waals surface area contributed by atoms with Gasteiger partial charge in [0.05, 0.1) is 0 Å². The Hall–Kier alpha value is -6.10. The van der Waals surface area contributed by atoms with E-state index in [-0.39, 0.29) is 37.4 Å². The van der Waals surface area contributed by atoms with Crippen molar-refractivity contribution in [3.63, 3.8) is 0 Å². The van der Waals surface area contributed by atoms with Gasteiger partial charge in [-0.15, -0.1) is 0 Å². The summed E-state index contributed by atoms with van der Waals surface area (Å²) in [7, 11) is 1.21. The Labute approximate surface area is 315 Å². The van der Waals surface area contributed by atoms with Gasteiger partial charge in [0.25, 0.3) is 5.91 Å². The number of nitrogens with zero attached hydrogens (tertiary/aromatic N) is 2. The van der Waals surface area contributed by atoms with Crippen LogP contribution in [0.15, 0.2) is 66.7 Å². The van der Waals surface area contributed by atoms with Crippen LogP contribution < -0.4 is 21.3 Å². The Balaban J connectivity index is 1.36. The van der Waals surface area contributed by atoms with Crippen LogP contribution in [0.2, 0.25) is 0 Å². The Morgan fingerprint density at radius 2 is 1.65 bits per heavy atom. The lowest BCUT2D eigenvalue weighted by Crippen LogP contribution is -2.57. The molecule has 2 aliphatic rings. The Morgan fingerprint density at radius 3 is 2.33 bits per heavy atom. The summed E-state index contributed by atoms with van der Waals surface area (Å²) < 4.78 is 40.1. The number of likely N-dealkylation sites (N-methyl/N-ethyl adjacent to an activating group) is 1. The van der Waals surface area contributed by atoms with Crippen LogP contribution in [-0.4, -0.2) is 89.6 Å². The average Bonchev–Trinajstić information content (AvgIpc) is 3.56. The number of alkyl carbamates (subject to hydrolysis) is 1. The summed E-state index contributed by atoms with van der Waals surface area (Å²) in [4.78, 5) is 80.4. The quantitative estimate of drug-likeness (QED) is 0.170. The van der Waals surface area contributed by atoms with Crippen LogP contribution in [0.3, 0.4) is 0 Å². The van der Waals surface area contributed by atoms with E-state index in [2.05, 4.69) is 21.3 Å². The van der Waals surface area contributed by atoms with Gasteiger partial charge in [-0.2, -0.15) is 0 Å². The number of carbonyl (C=O) groups excluding carboxylic acids is 5. The maximum atomic E-state index is 14.7. The molecule has 1 saturated heterocycles. The zero-order valence-corrected chi connectivity index (χ0v) is 30.2. The number of nitrogens with one attached hydrogen (secondary N) is 4. The van der Waals surface area contributed by atoms with Gasteiger partial charge in [0, 0.05) is 45.5 Å². The predicted octanol–water partition coefficient (Wildman–Crippen LogP) is 4.15. The van der Waals surface area contributed by atoms with Crippen molar-refractivity contribution in [1.29, 1.82) is 0 Å². The average molecular weight is 765 g/mol. The van der Waals surface area contributed by atoms with Crippen LogP contribution in [0.4, 0.5) is 29.7 Å². The standard InChI is InChI=1S/C38H42F2N6O9/c1-22(45(2)38(52)53)34(48)43-31(24-14-17-54-18-15-24)36(50)46-20-25-11-12-26(19-27(25)33(46)35(49)44-32-28(39)9-6-10-29(32)40)42-30(47)13-16-41-37(51)55-21-23-7-4-3-5-8-23/h3-12,19,22,24,31,33H,13-18,20-21H2,1-2H3,(H,41,51)(H,42,47)(H,43,48)(H,44,49)(H,52,53)/t22-,31-,33-/m0/s1. The Morgan fingerprint density at radius 1 is 0.964 bits per heavy atom. The maximum absolute atomic E-state index is 14.7. The third kappa shape index (κ3) is 10.1. The number of carbonyl (C=O) groups is 6. The van der Waals surface area contributed by atoms with Crippen LogP contribution in [-0.2, 0) is 41.8 Å². The van der Waals surface area contributed by atoms with E-state index in [0.717, 1.165) is 28.7 Å². The fourth-order valence-corrected chi connectivity index (χ4v) is 6.31. The van der Waals surface area contributed by atoms with E-state index in [9.17, 15) is 42.7 Å². The van der Waals surface area contributed by atoms with Crippen molar-refractivity contribution in [1.82, 2.24) is 20.4 Å². The lowest BCUT2D eigenvalue weighted by atomic mass is 9.90. The lowest BCUT2D eigenvalue weighted by molar-refractivity contribution is -0.144. The van der Waals surface area contributed by atoms with Crippen LogP contribution in [0.5, 0.6) is 0 Å². The summed E-state index contributed by atoms with van der Waals surface area (Å²) in [5.41, 5.74) is 1.03. The number of fused-ring (bicyclic) bond motifs is 1. The molecule has 1 fully saturated rings. The summed E-state index contributed by atoms with van der Waals surface area (Å²) in [6, 6.07) is 12.8. The molecule has 0 spiro atoms. The number of hydrogen-bond donors (Lipinski definition) is 5. The molecule has 2 aliphatic heterocycles. The molecule has 0 aliphatic carbocycles. The topological polar surface area (TPSA) is 196 Å². The van der Waals surface area contributed by atoms with Gasteiger partial charge in [-0.25, -0.2) is 18.4 Å². The first-order chi connectivity index (χ1) is 26.3. The second kappa shape index (κ2) is 18.3. The van der Waals surface area contributed by atoms with E-state index < -0.39 is 77.2 Å². The molecule has 6 amide bonds. The number of hydrogen-bond acceptors (Lipinski definition) is 8. The molecule has 3 aromatic rings. The fraction of sp³-hybridized carbons (Fsp3) is 0.368. The highest BCUT2D eigenvalue weighted by Gasteiger charge is 2.44. The minimum absolute atomic E-state index is 0.0495. The number of ether oxygens (including phenoxy) is 2. The molecule has 15 nitrogen and oxygen atoms in total. The number of para-hydroxylation sites is 1. The Bertz CT molecular complexity index is 1890. The van der Waals surface area contributed by atoms with Crippen molar-refractivity contribution in [2.45, 2.75) is 57.5 Å². The largest absolute Gasteiger partial charge is 0.465 e. The monoisotopic (exact) mass is 764 g/mol. The molecule has 0 bridgehead atoms. The summed E-state index contributed by atoms with van der Waals surface area (Å²) in [5.74, 6) is -5.45. The Kier molecular flexibility index (Phi) is 13.3. The van der Waals surface area contributed by atoms with E-state index in [1.165, 1.54) is 24.9 Å². The van der Waals surface area contributed by atoms with Crippen molar-refractivity contribution in [3.05, 3.63) is 95.1 Å². The van der Waals surface area contributed by atoms with Gasteiger partial charge in [-0.05, 0) is 66.6 Å². The van der Waals surface area contributed by atoms with Gasteiger partial charge in [-0.1, -0.05) is 42.5 Å². The van der Waals surface area contributed by atoms with Gasteiger partial charge in [0.2, 0.25) is 17.7 Å². The van der Waals surface area contributed by atoms with E-state index in [4.69, 9.17) is 9.47 Å². The first kappa shape index (κ1) is 40.1. The smallest absolute Gasteiger partial charge is 0.407 e. The van der Waals surface area contributed by atoms with E-state index in [1.807, 2.05) is 18.2 Å². The molecule has 2 heterocycles. The van der Waals surface area contributed by atoms with Crippen LogP contribution in [0.1, 0.15) is 48.9 Å². The summed E-state index contributed by atoms with van der Waals surface area (Å²) >= 11 is 0. The second-order valence-electron chi connectivity index (χ2n) is 13.2. The third-order valence-electron chi connectivity index (χ3n) is 9.52. The number of benzene rings is 3. The van der Waals surface area contributed by atoms with Crippen molar-refractivity contribution in [2.75, 3.05) is 37.4 Å². The number of rotatable bonds is 13. The highest BCUT2D eigenvalue weighted by molar-refractivity contribution is 6.01. The molecule has 55 heavy (non-hydrogen) atoms. The molecular weight excluding hydrogens is 722 g/mol. The summed E-state index contributed by atoms with van der Waals surface area (Å²) in [6.07, 6.45) is -1.47. The molecule has 3 aromatic carbocycles. The van der Waals surface area contributed by atoms with Gasteiger partial charge >= 0.3 is 12.2 Å². The molecular formula is C38H42F2N6O9. The highest BCUT2D eigenvalue weighted by atomic mass is 19.1. The predicted molar refractivity (Wildman–Crippen MR) is 193 cm³/mol. The van der Waals surface area contributed by atoms with Crippen LogP contribution in [0, 0.1) is 17.6 Å². The van der Waals surface area contributed by atoms with Crippen LogP contribution >= 0.6 is 0 Å². The first-order valence-electron chi connectivity index (χ1n) is 17.6. The van der Waals surface area contributed by atoms with Crippen molar-refractivity contribution in [3.8, 4) is 0 Å². The molecule has 5 rings (SSSR count). The number of anilines is 2. The third-order valence-corrected chi connectivity index (χ3v) is 9.52. The van der Waals surface area contributed by atoms with E-state index in [1.54, 1.807) is 24.3 Å². The number of amides is 6. The zero-order valence-electron chi connectivity index (χ0n) is 30.2. The van der Waals surface area contributed by atoms with E-state index in [0.29, 0.717) is 31.6 Å². The van der Waals surface area contributed by atoms with Crippen LogP contribution in [0.25, 0.3) is 0 Å². The molecule has 17 heteroatoms. The molecule has 292 valence electrons. The fourth-order valence-electron chi connectivity index (χ4n) is 6.31. The lowest BCUT2D eigenvalue weighted by Gasteiger charge is -2.35. The van der Waals surface area contributed by atoms with E-state index >= 15 is 0 Å². The molecule has 3 atom stereocenters. The molecule has 0 radical (unpaired) electrons. The number of carboxylic acid groups (broad SMARTS) is 1. The van der Waals surface area contributed by atoms with Gasteiger partial charge in [0.15, 0.2) is 0 Å². The minimum Gasteiger partial charge on any atom is -0.465 e. The summed E-state index contributed by atoms with van der Waals surface area (Å²) in [6.45, 7) is 1.80. The maximum Gasteiger partial charge on any atom is 0.407 e. The molecule has 0 aromatic heterocycles. The molecule has 0 saturated carbocycles. The number of halogens is 2. The van der Waals surface area contributed by atoms with Gasteiger partial charge < -0.3 is 40.7 Å². The second-order valence-corrected chi connectivity index (χ2v) is 13.2. The van der Waals surface area contributed by atoms with Crippen molar-refractivity contribution < 1.29 is 52.1 Å². The zero-order chi connectivity index (χ0) is 39.6. The minimum atomic E-state index is -1.47. The first-order valence-corrected chi connectivity index (χ1v) is 17.6. The van der Waals surface area contributed by atoms with Gasteiger partial charge in [0.1, 0.15) is 42.1 Å². The van der Waals surface area contributed by atoms with Crippen molar-refractivity contribution >= 4 is 47.2 Å². The van der Waals surface area contributed by atoms with Crippen molar-refractivity contribution in [2.24, 2.45) is 5.92 Å². The summed E-state index contributed by atoms with van der Waals surface area (Å²) in [5, 5.41) is 19.6. The highest BCUT2D eigenvalue weighted by Crippen LogP contribution is 2.38. The molecule has 5 N–H and O–H groups in total. The SMILES string of the molecule is C[C@@H](C(=O)N[C@H](C(=O)N1Cc2ccc(NC(=O)CCNC(=O)OCc3ccccc3)cc2[C@H]1C(=O)Nc1c(F)cccc1F)C1CCOCC1)N(C)C(=O)O. The molecule has 0 unspecified atom stereocenters. The normalized spacial score (nSPS) is 16.2.